The van der Waals surface area contributed by atoms with Crippen molar-refractivity contribution in [2.75, 3.05) is 0 Å². The largest absolute Gasteiger partial charge is 0.348 e. The van der Waals surface area contributed by atoms with Gasteiger partial charge in [-0.05, 0) is 41.8 Å². The second kappa shape index (κ2) is 8.22. The molecule has 1 amide bonds. The van der Waals surface area contributed by atoms with Gasteiger partial charge in [-0.3, -0.25) is 9.78 Å². The zero-order chi connectivity index (χ0) is 20.2. The van der Waals surface area contributed by atoms with Gasteiger partial charge in [0.15, 0.2) is 5.69 Å². The minimum absolute atomic E-state index is 0.0562. The van der Waals surface area contributed by atoms with Gasteiger partial charge in [-0.2, -0.15) is 0 Å². The molecule has 0 aliphatic carbocycles. The van der Waals surface area contributed by atoms with Crippen LogP contribution < -0.4 is 5.32 Å². The first-order chi connectivity index (χ1) is 14.1. The first-order valence-corrected chi connectivity index (χ1v) is 9.68. The molecule has 0 unspecified atom stereocenters. The number of carbonyl (C=O) groups is 1. The number of carbonyl (C=O) groups excluding carboxylic acids is 1. The lowest BCUT2D eigenvalue weighted by molar-refractivity contribution is 0.0934. The van der Waals surface area contributed by atoms with Crippen molar-refractivity contribution in [1.82, 2.24) is 25.3 Å². The van der Waals surface area contributed by atoms with Gasteiger partial charge in [0, 0.05) is 24.4 Å². The third-order valence-electron chi connectivity index (χ3n) is 4.98. The van der Waals surface area contributed by atoms with E-state index in [1.807, 2.05) is 44.2 Å². The summed E-state index contributed by atoms with van der Waals surface area (Å²) >= 11 is 0. The average molecular weight is 385 g/mol. The average Bonchev–Trinajstić information content (AvgIpc) is 3.19. The molecule has 2 heterocycles. The minimum atomic E-state index is -0.227. The molecule has 0 aliphatic rings. The van der Waals surface area contributed by atoms with Crippen LogP contribution in [-0.2, 0) is 13.0 Å². The van der Waals surface area contributed by atoms with Gasteiger partial charge in [0.1, 0.15) is 0 Å². The normalized spacial score (nSPS) is 12.1. The van der Waals surface area contributed by atoms with Crippen LogP contribution in [0.15, 0.2) is 67.0 Å². The molecular weight excluding hydrogens is 362 g/mol. The van der Waals surface area contributed by atoms with Crippen molar-refractivity contribution in [2.24, 2.45) is 0 Å². The zero-order valence-corrected chi connectivity index (χ0v) is 16.5. The number of fused-ring (bicyclic) bond motifs is 1. The highest BCUT2D eigenvalue weighted by Gasteiger charge is 2.15. The van der Waals surface area contributed by atoms with Crippen LogP contribution in [0.25, 0.3) is 10.8 Å². The number of nitrogens with zero attached hydrogens (tertiary/aromatic N) is 4. The number of rotatable bonds is 6. The predicted octanol–water partition coefficient (Wildman–Crippen LogP) is 3.54. The molecule has 1 atom stereocenters. The first-order valence-electron chi connectivity index (χ1n) is 9.68. The van der Waals surface area contributed by atoms with E-state index in [0.717, 1.165) is 16.8 Å². The molecule has 0 bridgehead atoms. The lowest BCUT2D eigenvalue weighted by Crippen LogP contribution is -2.34. The Bertz CT molecular complexity index is 1150. The number of pyridine rings is 1. The zero-order valence-electron chi connectivity index (χ0n) is 16.5. The van der Waals surface area contributed by atoms with E-state index >= 15 is 0 Å². The fraction of sp³-hybridized carbons (Fsp3) is 0.217. The Balaban J connectivity index is 1.43. The summed E-state index contributed by atoms with van der Waals surface area (Å²) in [5, 5.41) is 13.5. The number of hydrogen-bond acceptors (Lipinski definition) is 4. The molecule has 0 fully saturated rings. The van der Waals surface area contributed by atoms with Crippen LogP contribution in [0.5, 0.6) is 0 Å². The molecule has 146 valence electrons. The van der Waals surface area contributed by atoms with Crippen LogP contribution in [-0.4, -0.2) is 31.9 Å². The SMILES string of the molecule is Cc1cccnc1C[C@@H](C)NC(=O)c1cn(Cc2cccc3ccccc23)nn1. The van der Waals surface area contributed by atoms with Crippen LogP contribution in [0.1, 0.15) is 34.2 Å². The van der Waals surface area contributed by atoms with E-state index in [9.17, 15) is 4.79 Å². The maximum absolute atomic E-state index is 12.6. The highest BCUT2D eigenvalue weighted by molar-refractivity contribution is 5.92. The van der Waals surface area contributed by atoms with Crippen molar-refractivity contribution in [3.63, 3.8) is 0 Å². The van der Waals surface area contributed by atoms with Gasteiger partial charge < -0.3 is 5.32 Å². The monoisotopic (exact) mass is 385 g/mol. The maximum atomic E-state index is 12.6. The van der Waals surface area contributed by atoms with Gasteiger partial charge >= 0.3 is 0 Å². The van der Waals surface area contributed by atoms with Crippen LogP contribution in [0.3, 0.4) is 0 Å². The summed E-state index contributed by atoms with van der Waals surface area (Å²) in [4.78, 5) is 17.0. The smallest absolute Gasteiger partial charge is 0.273 e. The molecule has 0 saturated heterocycles. The molecule has 0 saturated carbocycles. The summed E-state index contributed by atoms with van der Waals surface area (Å²) in [5.41, 5.74) is 3.56. The van der Waals surface area contributed by atoms with E-state index in [0.29, 0.717) is 18.7 Å². The third-order valence-corrected chi connectivity index (χ3v) is 4.98. The summed E-state index contributed by atoms with van der Waals surface area (Å²) in [6.07, 6.45) is 4.13. The second-order valence-electron chi connectivity index (χ2n) is 7.29. The summed E-state index contributed by atoms with van der Waals surface area (Å²) in [5.74, 6) is -0.227. The standard InChI is InChI=1S/C23H23N5O/c1-16-7-6-12-24-21(16)13-17(2)25-23(29)22-15-28(27-26-22)14-19-10-5-9-18-8-3-4-11-20(18)19/h3-12,15,17H,13-14H2,1-2H3,(H,25,29)/t17-/m1/s1. The Morgan fingerprint density at radius 2 is 1.93 bits per heavy atom. The van der Waals surface area contributed by atoms with E-state index in [1.165, 1.54) is 10.8 Å². The summed E-state index contributed by atoms with van der Waals surface area (Å²) in [6.45, 7) is 4.55. The summed E-state index contributed by atoms with van der Waals surface area (Å²) in [6, 6.07) is 18.3. The van der Waals surface area contributed by atoms with E-state index in [2.05, 4.69) is 44.9 Å². The summed E-state index contributed by atoms with van der Waals surface area (Å²) < 4.78 is 1.70. The number of benzene rings is 2. The van der Waals surface area contributed by atoms with E-state index in [-0.39, 0.29) is 11.9 Å². The Hall–Kier alpha value is -3.54. The van der Waals surface area contributed by atoms with Crippen LogP contribution in [0, 0.1) is 6.92 Å². The number of nitrogens with one attached hydrogen (secondary N) is 1. The number of hydrogen-bond donors (Lipinski definition) is 1. The first kappa shape index (κ1) is 18.8. The van der Waals surface area contributed by atoms with Gasteiger partial charge in [-0.15, -0.1) is 5.10 Å². The van der Waals surface area contributed by atoms with Crippen LogP contribution >= 0.6 is 0 Å². The minimum Gasteiger partial charge on any atom is -0.348 e. The molecule has 0 radical (unpaired) electrons. The van der Waals surface area contributed by atoms with E-state index in [1.54, 1.807) is 17.1 Å². The van der Waals surface area contributed by atoms with Crippen molar-refractivity contribution < 1.29 is 4.79 Å². The van der Waals surface area contributed by atoms with Gasteiger partial charge in [0.25, 0.3) is 5.91 Å². The fourth-order valence-electron chi connectivity index (χ4n) is 3.46. The molecule has 0 spiro atoms. The van der Waals surface area contributed by atoms with E-state index in [4.69, 9.17) is 0 Å². The number of aryl methyl sites for hydroxylation is 1. The molecule has 4 aromatic rings. The lowest BCUT2D eigenvalue weighted by Gasteiger charge is -2.13. The lowest BCUT2D eigenvalue weighted by atomic mass is 10.0. The van der Waals surface area contributed by atoms with Crippen molar-refractivity contribution in [3.05, 3.63) is 89.5 Å². The Morgan fingerprint density at radius 1 is 1.10 bits per heavy atom. The fourth-order valence-corrected chi connectivity index (χ4v) is 3.46. The highest BCUT2D eigenvalue weighted by Crippen LogP contribution is 2.19. The number of amides is 1. The van der Waals surface area contributed by atoms with E-state index < -0.39 is 0 Å². The molecular formula is C23H23N5O. The third kappa shape index (κ3) is 4.32. The molecule has 1 N–H and O–H groups in total. The Labute approximate surface area is 169 Å². The van der Waals surface area contributed by atoms with Gasteiger partial charge in [-0.25, -0.2) is 4.68 Å². The van der Waals surface area contributed by atoms with Crippen LogP contribution in [0.2, 0.25) is 0 Å². The maximum Gasteiger partial charge on any atom is 0.273 e. The second-order valence-corrected chi connectivity index (χ2v) is 7.29. The molecule has 2 aromatic carbocycles. The van der Waals surface area contributed by atoms with Gasteiger partial charge in [0.2, 0.25) is 0 Å². The molecule has 0 aliphatic heterocycles. The molecule has 6 nitrogen and oxygen atoms in total. The highest BCUT2D eigenvalue weighted by atomic mass is 16.2. The molecule has 4 rings (SSSR count). The predicted molar refractivity (Wildman–Crippen MR) is 113 cm³/mol. The van der Waals surface area contributed by atoms with Gasteiger partial charge in [0.05, 0.1) is 12.7 Å². The quantitative estimate of drug-likeness (QED) is 0.551. The van der Waals surface area contributed by atoms with Crippen molar-refractivity contribution in [2.45, 2.75) is 32.9 Å². The Kier molecular flexibility index (Phi) is 5.33. The van der Waals surface area contributed by atoms with Crippen molar-refractivity contribution in [3.8, 4) is 0 Å². The Morgan fingerprint density at radius 3 is 2.79 bits per heavy atom. The molecule has 6 heteroatoms. The van der Waals surface area contributed by atoms with Gasteiger partial charge in [-0.1, -0.05) is 53.7 Å². The topological polar surface area (TPSA) is 72.7 Å². The molecule has 2 aromatic heterocycles. The van der Waals surface area contributed by atoms with Crippen LogP contribution in [0.4, 0.5) is 0 Å². The summed E-state index contributed by atoms with van der Waals surface area (Å²) in [7, 11) is 0. The molecule has 29 heavy (non-hydrogen) atoms. The number of aromatic nitrogens is 4. The van der Waals surface area contributed by atoms with Crippen molar-refractivity contribution in [1.29, 1.82) is 0 Å². The van der Waals surface area contributed by atoms with Crippen molar-refractivity contribution >= 4 is 16.7 Å².